The van der Waals surface area contributed by atoms with Crippen molar-refractivity contribution in [2.45, 2.75) is 19.9 Å². The van der Waals surface area contributed by atoms with E-state index in [1.165, 1.54) is 6.92 Å². The topological polar surface area (TPSA) is 83.4 Å². The van der Waals surface area contributed by atoms with Gasteiger partial charge in [0.05, 0.1) is 12.8 Å². The van der Waals surface area contributed by atoms with Gasteiger partial charge in [-0.15, -0.1) is 0 Å². The van der Waals surface area contributed by atoms with Crippen molar-refractivity contribution in [3.8, 4) is 0 Å². The molecule has 0 unspecified atom stereocenters. The maximum absolute atomic E-state index is 11.8. The largest absolute Gasteiger partial charge is 0.468 e. The molecule has 0 spiro atoms. The van der Waals surface area contributed by atoms with Crippen molar-refractivity contribution in [2.24, 2.45) is 0 Å². The molecule has 1 aromatic carbocycles. The highest BCUT2D eigenvalue weighted by molar-refractivity contribution is 5.93. The zero-order valence-electron chi connectivity index (χ0n) is 12.4. The van der Waals surface area contributed by atoms with E-state index in [-0.39, 0.29) is 11.8 Å². The van der Waals surface area contributed by atoms with Crippen LogP contribution < -0.4 is 16.0 Å². The van der Waals surface area contributed by atoms with Crippen molar-refractivity contribution in [1.82, 2.24) is 5.32 Å². The summed E-state index contributed by atoms with van der Waals surface area (Å²) in [7, 11) is 0. The van der Waals surface area contributed by atoms with Crippen LogP contribution in [0, 0.1) is 0 Å². The fraction of sp³-hybridized carbons (Fsp3) is 0.250. The summed E-state index contributed by atoms with van der Waals surface area (Å²) < 4.78 is 5.18. The predicted octanol–water partition coefficient (Wildman–Crippen LogP) is 2.36. The van der Waals surface area contributed by atoms with Crippen LogP contribution >= 0.6 is 0 Å². The molecule has 1 aromatic heterocycles. The van der Waals surface area contributed by atoms with Crippen molar-refractivity contribution in [3.63, 3.8) is 0 Å². The van der Waals surface area contributed by atoms with Gasteiger partial charge < -0.3 is 20.4 Å². The lowest BCUT2D eigenvalue weighted by molar-refractivity contribution is -0.116. The third-order valence-corrected chi connectivity index (χ3v) is 2.87. The first-order chi connectivity index (χ1) is 10.6. The summed E-state index contributed by atoms with van der Waals surface area (Å²) in [6, 6.07) is 10.7. The lowest BCUT2D eigenvalue weighted by atomic mass is 10.2. The zero-order chi connectivity index (χ0) is 15.8. The van der Waals surface area contributed by atoms with Gasteiger partial charge in [-0.2, -0.15) is 0 Å². The molecule has 0 fully saturated rings. The summed E-state index contributed by atoms with van der Waals surface area (Å²) in [6.07, 6.45) is 1.97. The first kappa shape index (κ1) is 15.8. The molecule has 2 aromatic rings. The second kappa shape index (κ2) is 7.99. The molecule has 2 amide bonds. The van der Waals surface area contributed by atoms with Crippen LogP contribution in [0.1, 0.15) is 19.1 Å². The molecular weight excluding hydrogens is 282 g/mol. The van der Waals surface area contributed by atoms with Crippen LogP contribution in [-0.2, 0) is 16.1 Å². The molecular formula is C16H19N3O3. The Bertz CT molecular complexity index is 623. The minimum atomic E-state index is -0.148. The van der Waals surface area contributed by atoms with Gasteiger partial charge in [0.2, 0.25) is 11.8 Å². The number of nitrogens with one attached hydrogen (secondary N) is 3. The predicted molar refractivity (Wildman–Crippen MR) is 84.4 cm³/mol. The van der Waals surface area contributed by atoms with Gasteiger partial charge >= 0.3 is 0 Å². The summed E-state index contributed by atoms with van der Waals surface area (Å²) in [6.45, 7) is 2.59. The Labute approximate surface area is 128 Å². The van der Waals surface area contributed by atoms with E-state index >= 15 is 0 Å². The van der Waals surface area contributed by atoms with E-state index in [4.69, 9.17) is 4.42 Å². The Morgan fingerprint density at radius 1 is 1.09 bits per heavy atom. The van der Waals surface area contributed by atoms with Crippen LogP contribution in [0.15, 0.2) is 47.1 Å². The van der Waals surface area contributed by atoms with E-state index in [0.717, 1.165) is 5.76 Å². The number of anilines is 2. The Morgan fingerprint density at radius 2 is 1.86 bits per heavy atom. The Kier molecular flexibility index (Phi) is 5.73. The van der Waals surface area contributed by atoms with Crippen molar-refractivity contribution in [1.29, 1.82) is 0 Å². The normalized spacial score (nSPS) is 10.2. The molecule has 6 nitrogen and oxygen atoms in total. The third-order valence-electron chi connectivity index (χ3n) is 2.87. The fourth-order valence-electron chi connectivity index (χ4n) is 1.93. The molecule has 0 radical (unpaired) electrons. The van der Waals surface area contributed by atoms with E-state index < -0.39 is 0 Å². The van der Waals surface area contributed by atoms with E-state index in [2.05, 4.69) is 16.0 Å². The zero-order valence-corrected chi connectivity index (χ0v) is 12.4. The maximum Gasteiger partial charge on any atom is 0.225 e. The van der Waals surface area contributed by atoms with Crippen molar-refractivity contribution in [3.05, 3.63) is 48.4 Å². The minimum absolute atomic E-state index is 0.0908. The molecule has 2 rings (SSSR count). The Morgan fingerprint density at radius 3 is 2.55 bits per heavy atom. The van der Waals surface area contributed by atoms with Gasteiger partial charge in [-0.25, -0.2) is 0 Å². The van der Waals surface area contributed by atoms with Crippen LogP contribution in [0.25, 0.3) is 0 Å². The molecule has 22 heavy (non-hydrogen) atoms. The van der Waals surface area contributed by atoms with Crippen molar-refractivity contribution in [2.75, 3.05) is 17.2 Å². The highest BCUT2D eigenvalue weighted by atomic mass is 16.3. The average molecular weight is 301 g/mol. The van der Waals surface area contributed by atoms with E-state index in [0.29, 0.717) is 30.9 Å². The number of rotatable bonds is 7. The third kappa shape index (κ3) is 5.41. The van der Waals surface area contributed by atoms with Gasteiger partial charge in [-0.3, -0.25) is 9.59 Å². The molecule has 3 N–H and O–H groups in total. The summed E-state index contributed by atoms with van der Waals surface area (Å²) in [5.74, 6) is 0.598. The molecule has 0 saturated heterocycles. The quantitative estimate of drug-likeness (QED) is 0.686. The Balaban J connectivity index is 1.73. The Hall–Kier alpha value is -2.60. The molecule has 0 aliphatic carbocycles. The second-order valence-electron chi connectivity index (χ2n) is 4.82. The van der Waals surface area contributed by atoms with Gasteiger partial charge in [0.1, 0.15) is 5.76 Å². The van der Waals surface area contributed by atoms with Gasteiger partial charge in [0.25, 0.3) is 0 Å². The molecule has 0 aliphatic heterocycles. The standard InChI is InChI=1S/C16H19N3O3/c1-12(20)18-13-4-2-5-14(10-13)19-16(21)7-8-17-11-15-6-3-9-22-15/h2-6,9-10,17H,7-8,11H2,1H3,(H,18,20)(H,19,21). The molecule has 1 heterocycles. The SMILES string of the molecule is CC(=O)Nc1cccc(NC(=O)CCNCc2ccco2)c1. The number of furan rings is 1. The summed E-state index contributed by atoms with van der Waals surface area (Å²) in [5, 5.41) is 8.60. The summed E-state index contributed by atoms with van der Waals surface area (Å²) in [5.41, 5.74) is 1.31. The molecule has 0 bridgehead atoms. The van der Waals surface area contributed by atoms with Crippen LogP contribution in [0.5, 0.6) is 0 Å². The molecule has 0 saturated carbocycles. The smallest absolute Gasteiger partial charge is 0.225 e. The van der Waals surface area contributed by atoms with E-state index in [9.17, 15) is 9.59 Å². The van der Waals surface area contributed by atoms with Gasteiger partial charge in [0, 0.05) is 31.3 Å². The lowest BCUT2D eigenvalue weighted by Gasteiger charge is -2.08. The van der Waals surface area contributed by atoms with Crippen molar-refractivity contribution < 1.29 is 14.0 Å². The molecule has 116 valence electrons. The van der Waals surface area contributed by atoms with Gasteiger partial charge in [-0.1, -0.05) is 6.07 Å². The maximum atomic E-state index is 11.8. The van der Waals surface area contributed by atoms with E-state index in [1.54, 1.807) is 30.5 Å². The van der Waals surface area contributed by atoms with E-state index in [1.807, 2.05) is 12.1 Å². The van der Waals surface area contributed by atoms with Crippen LogP contribution in [0.2, 0.25) is 0 Å². The fourth-order valence-corrected chi connectivity index (χ4v) is 1.93. The van der Waals surface area contributed by atoms with Crippen LogP contribution in [-0.4, -0.2) is 18.4 Å². The summed E-state index contributed by atoms with van der Waals surface area (Å²) >= 11 is 0. The number of amides is 2. The first-order valence-electron chi connectivity index (χ1n) is 7.04. The highest BCUT2D eigenvalue weighted by Gasteiger charge is 2.04. The minimum Gasteiger partial charge on any atom is -0.468 e. The second-order valence-corrected chi connectivity index (χ2v) is 4.82. The van der Waals surface area contributed by atoms with Crippen LogP contribution in [0.4, 0.5) is 11.4 Å². The first-order valence-corrected chi connectivity index (χ1v) is 7.04. The van der Waals surface area contributed by atoms with Gasteiger partial charge in [-0.05, 0) is 30.3 Å². The number of carbonyl (C=O) groups excluding carboxylic acids is 2. The monoisotopic (exact) mass is 301 g/mol. The number of hydrogen-bond donors (Lipinski definition) is 3. The van der Waals surface area contributed by atoms with Crippen LogP contribution in [0.3, 0.4) is 0 Å². The molecule has 6 heteroatoms. The molecule has 0 atom stereocenters. The van der Waals surface area contributed by atoms with Gasteiger partial charge in [0.15, 0.2) is 0 Å². The average Bonchev–Trinajstić information content (AvgIpc) is 2.96. The number of benzene rings is 1. The number of carbonyl (C=O) groups is 2. The van der Waals surface area contributed by atoms with Crippen molar-refractivity contribution >= 4 is 23.2 Å². The molecule has 0 aliphatic rings. The highest BCUT2D eigenvalue weighted by Crippen LogP contribution is 2.15. The summed E-state index contributed by atoms with van der Waals surface area (Å²) in [4.78, 5) is 22.8. The number of hydrogen-bond acceptors (Lipinski definition) is 4. The lowest BCUT2D eigenvalue weighted by Crippen LogP contribution is -2.21.